The van der Waals surface area contributed by atoms with E-state index < -0.39 is 0 Å². The Morgan fingerprint density at radius 2 is 2.19 bits per heavy atom. The lowest BCUT2D eigenvalue weighted by Crippen LogP contribution is -2.35. The highest BCUT2D eigenvalue weighted by molar-refractivity contribution is 5.79. The molecule has 1 saturated heterocycles. The number of methoxy groups -OCH3 is 1. The highest BCUT2D eigenvalue weighted by atomic mass is 16.5. The fourth-order valence-electron chi connectivity index (χ4n) is 5.11. The molecule has 3 aliphatic rings. The monoisotopic (exact) mass is 370 g/mol. The predicted molar refractivity (Wildman–Crippen MR) is 104 cm³/mol. The number of nitrogens with one attached hydrogen (secondary N) is 1. The molecule has 5 unspecified atom stereocenters. The highest BCUT2D eigenvalue weighted by Gasteiger charge is 2.63. The standard InChI is InChI=1S/C22H30N2O3/c1-14-21-19(24(21)11-15-4-5-15)9-22(14,2)18-8-16(6-7-17(18)12-25)10-23-20(26)13-27-3/h6-8,12,14-15,19,21H,4-5,9-11,13H2,1-3H3,(H,23,26). The van der Waals surface area contributed by atoms with Gasteiger partial charge in [-0.05, 0) is 47.6 Å². The highest BCUT2D eigenvalue weighted by Crippen LogP contribution is 2.58. The van der Waals surface area contributed by atoms with E-state index in [4.69, 9.17) is 4.74 Å². The van der Waals surface area contributed by atoms with E-state index in [9.17, 15) is 9.59 Å². The molecule has 0 spiro atoms. The van der Waals surface area contributed by atoms with Gasteiger partial charge in [0.15, 0.2) is 0 Å². The zero-order valence-corrected chi connectivity index (χ0v) is 16.5. The van der Waals surface area contributed by atoms with Crippen LogP contribution >= 0.6 is 0 Å². The van der Waals surface area contributed by atoms with Crippen LogP contribution in [-0.2, 0) is 21.5 Å². The summed E-state index contributed by atoms with van der Waals surface area (Å²) in [6, 6.07) is 7.31. The smallest absolute Gasteiger partial charge is 0.246 e. The van der Waals surface area contributed by atoms with Crippen molar-refractivity contribution in [1.82, 2.24) is 10.2 Å². The van der Waals surface area contributed by atoms with Crippen molar-refractivity contribution in [3.05, 3.63) is 34.9 Å². The quantitative estimate of drug-likeness (QED) is 0.564. The second kappa shape index (κ2) is 7.02. The Morgan fingerprint density at radius 1 is 1.41 bits per heavy atom. The summed E-state index contributed by atoms with van der Waals surface area (Å²) < 4.78 is 4.86. The summed E-state index contributed by atoms with van der Waals surface area (Å²) in [6.45, 7) is 6.45. The molecule has 2 aliphatic carbocycles. The summed E-state index contributed by atoms with van der Waals surface area (Å²) in [6.07, 6.45) is 4.89. The molecule has 5 atom stereocenters. The second-order valence-electron chi connectivity index (χ2n) is 8.86. The Morgan fingerprint density at radius 3 is 2.78 bits per heavy atom. The number of fused-ring (bicyclic) bond motifs is 1. The third-order valence-corrected chi connectivity index (χ3v) is 7.05. The Kier molecular flexibility index (Phi) is 4.85. The molecule has 2 saturated carbocycles. The third-order valence-electron chi connectivity index (χ3n) is 7.05. The molecule has 3 fully saturated rings. The van der Waals surface area contributed by atoms with Gasteiger partial charge >= 0.3 is 0 Å². The molecule has 1 N–H and O–H groups in total. The number of hydrogen-bond acceptors (Lipinski definition) is 4. The molecule has 1 heterocycles. The maximum Gasteiger partial charge on any atom is 0.246 e. The molecule has 5 nitrogen and oxygen atoms in total. The molecule has 5 heteroatoms. The Labute approximate surface area is 161 Å². The first-order chi connectivity index (χ1) is 13.0. The average Bonchev–Trinajstić information content (AvgIpc) is 3.57. The van der Waals surface area contributed by atoms with Crippen LogP contribution in [0.4, 0.5) is 0 Å². The van der Waals surface area contributed by atoms with Gasteiger partial charge in [0, 0.05) is 37.8 Å². The van der Waals surface area contributed by atoms with Gasteiger partial charge < -0.3 is 10.1 Å². The number of nitrogens with zero attached hydrogens (tertiary/aromatic N) is 1. The van der Waals surface area contributed by atoms with Gasteiger partial charge in [0.2, 0.25) is 5.91 Å². The van der Waals surface area contributed by atoms with Gasteiger partial charge in [0.25, 0.3) is 0 Å². The number of carbonyl (C=O) groups excluding carboxylic acids is 2. The van der Waals surface area contributed by atoms with Gasteiger partial charge in [-0.15, -0.1) is 0 Å². The van der Waals surface area contributed by atoms with E-state index in [0.29, 0.717) is 24.5 Å². The summed E-state index contributed by atoms with van der Waals surface area (Å²) in [5, 5.41) is 2.87. The zero-order chi connectivity index (χ0) is 19.2. The van der Waals surface area contributed by atoms with Crippen molar-refractivity contribution in [3.63, 3.8) is 0 Å². The number of benzene rings is 1. The molecule has 0 radical (unpaired) electrons. The number of ether oxygens (including phenoxy) is 1. The first-order valence-corrected chi connectivity index (χ1v) is 10.1. The molecule has 1 aliphatic heterocycles. The number of aldehydes is 1. The maximum absolute atomic E-state index is 11.7. The third kappa shape index (κ3) is 3.43. The van der Waals surface area contributed by atoms with Crippen molar-refractivity contribution in [3.8, 4) is 0 Å². The van der Waals surface area contributed by atoms with Gasteiger partial charge in [-0.1, -0.05) is 32.0 Å². The average molecular weight is 370 g/mol. The molecule has 27 heavy (non-hydrogen) atoms. The summed E-state index contributed by atoms with van der Waals surface area (Å²) in [5.41, 5.74) is 2.97. The first kappa shape index (κ1) is 18.6. The van der Waals surface area contributed by atoms with Crippen molar-refractivity contribution in [2.24, 2.45) is 11.8 Å². The fraction of sp³-hybridized carbons (Fsp3) is 0.636. The van der Waals surface area contributed by atoms with Crippen LogP contribution < -0.4 is 5.32 Å². The molecule has 1 aromatic rings. The van der Waals surface area contributed by atoms with Gasteiger partial charge in [-0.2, -0.15) is 0 Å². The normalized spacial score (nSPS) is 34.2. The van der Waals surface area contributed by atoms with E-state index in [-0.39, 0.29) is 17.9 Å². The molecular formula is C22H30N2O3. The predicted octanol–water partition coefficient (Wildman–Crippen LogP) is 2.52. The molecule has 1 aromatic carbocycles. The minimum absolute atomic E-state index is 0.0121. The Hall–Kier alpha value is -1.72. The number of hydrogen-bond donors (Lipinski definition) is 1. The molecule has 0 aromatic heterocycles. The largest absolute Gasteiger partial charge is 0.375 e. The fourth-order valence-corrected chi connectivity index (χ4v) is 5.11. The van der Waals surface area contributed by atoms with E-state index in [1.807, 2.05) is 12.1 Å². The number of likely N-dealkylation sites (tertiary alicyclic amines) is 1. The lowest BCUT2D eigenvalue weighted by molar-refractivity contribution is -0.124. The van der Waals surface area contributed by atoms with Gasteiger partial charge in [0.1, 0.15) is 12.9 Å². The van der Waals surface area contributed by atoms with Crippen LogP contribution in [0.2, 0.25) is 0 Å². The van der Waals surface area contributed by atoms with Crippen LogP contribution in [-0.4, -0.2) is 49.4 Å². The molecule has 0 bridgehead atoms. The maximum atomic E-state index is 11.7. The Bertz CT molecular complexity index is 745. The van der Waals surface area contributed by atoms with Crippen LogP contribution in [0.1, 0.15) is 54.6 Å². The Balaban J connectivity index is 1.51. The lowest BCUT2D eigenvalue weighted by Gasteiger charge is -2.35. The van der Waals surface area contributed by atoms with Gasteiger partial charge in [-0.3, -0.25) is 14.5 Å². The number of piperidine rings is 1. The SMILES string of the molecule is COCC(=O)NCc1ccc(C=O)c(C2(C)CC3C(C2C)N3CC2CC2)c1. The van der Waals surface area contributed by atoms with Crippen molar-refractivity contribution in [2.75, 3.05) is 20.3 Å². The van der Waals surface area contributed by atoms with Crippen LogP contribution in [0.5, 0.6) is 0 Å². The number of amides is 1. The van der Waals surface area contributed by atoms with Crippen molar-refractivity contribution in [2.45, 2.75) is 57.2 Å². The number of rotatable bonds is 8. The van der Waals surface area contributed by atoms with Crippen molar-refractivity contribution in [1.29, 1.82) is 0 Å². The molecule has 146 valence electrons. The zero-order valence-electron chi connectivity index (χ0n) is 16.5. The summed E-state index contributed by atoms with van der Waals surface area (Å²) >= 11 is 0. The van der Waals surface area contributed by atoms with E-state index in [1.54, 1.807) is 0 Å². The minimum Gasteiger partial charge on any atom is -0.375 e. The van der Waals surface area contributed by atoms with Crippen LogP contribution in [0.25, 0.3) is 0 Å². The minimum atomic E-state index is -0.129. The first-order valence-electron chi connectivity index (χ1n) is 10.1. The number of carbonyl (C=O) groups is 2. The molecular weight excluding hydrogens is 340 g/mol. The summed E-state index contributed by atoms with van der Waals surface area (Å²) in [7, 11) is 1.51. The van der Waals surface area contributed by atoms with Crippen LogP contribution in [0, 0.1) is 11.8 Å². The van der Waals surface area contributed by atoms with Crippen molar-refractivity contribution >= 4 is 12.2 Å². The second-order valence-corrected chi connectivity index (χ2v) is 8.86. The van der Waals surface area contributed by atoms with E-state index in [2.05, 4.69) is 30.1 Å². The summed E-state index contributed by atoms with van der Waals surface area (Å²) in [4.78, 5) is 26.1. The topological polar surface area (TPSA) is 58.4 Å². The van der Waals surface area contributed by atoms with Crippen LogP contribution in [0.3, 0.4) is 0 Å². The van der Waals surface area contributed by atoms with Crippen molar-refractivity contribution < 1.29 is 14.3 Å². The molecule has 1 amide bonds. The molecule has 4 rings (SSSR count). The summed E-state index contributed by atoms with van der Waals surface area (Å²) in [5.74, 6) is 1.33. The van der Waals surface area contributed by atoms with E-state index >= 15 is 0 Å². The van der Waals surface area contributed by atoms with Gasteiger partial charge in [-0.25, -0.2) is 0 Å². The van der Waals surface area contributed by atoms with E-state index in [0.717, 1.165) is 35.3 Å². The van der Waals surface area contributed by atoms with E-state index in [1.165, 1.54) is 26.5 Å². The van der Waals surface area contributed by atoms with Gasteiger partial charge in [0.05, 0.1) is 0 Å². The van der Waals surface area contributed by atoms with Crippen LogP contribution in [0.15, 0.2) is 18.2 Å². The lowest BCUT2D eigenvalue weighted by atomic mass is 9.71.